The summed E-state index contributed by atoms with van der Waals surface area (Å²) < 4.78 is 71.7. The number of carbonyl (C=O) groups excluding carboxylic acids is 2. The average Bonchev–Trinajstić information content (AvgIpc) is 2.98. The van der Waals surface area contributed by atoms with Gasteiger partial charge in [-0.05, 0) is 41.9 Å². The molecule has 0 radical (unpaired) electrons. The van der Waals surface area contributed by atoms with Crippen molar-refractivity contribution < 1.29 is 43.3 Å². The maximum absolute atomic E-state index is 13.5. The Morgan fingerprint density at radius 3 is 2.36 bits per heavy atom. The van der Waals surface area contributed by atoms with Crippen LogP contribution < -0.4 is 21.5 Å². The van der Waals surface area contributed by atoms with Crippen LogP contribution in [0.3, 0.4) is 0 Å². The number of H-pyrrole nitrogens is 1. The predicted octanol–water partition coefficient (Wildman–Crippen LogP) is 1.94. The maximum atomic E-state index is 13.5. The van der Waals surface area contributed by atoms with E-state index in [1.165, 1.54) is 0 Å². The van der Waals surface area contributed by atoms with E-state index in [9.17, 15) is 42.6 Å². The summed E-state index contributed by atoms with van der Waals surface area (Å²) in [6.45, 7) is -0.814. The highest BCUT2D eigenvalue weighted by Gasteiger charge is 2.43. The first-order valence-electron chi connectivity index (χ1n) is 13.3. The number of aromatic hydroxyl groups is 1. The van der Waals surface area contributed by atoms with Crippen LogP contribution in [0.2, 0.25) is 0 Å². The monoisotopic (exact) mass is 611 g/mol. The third kappa shape index (κ3) is 7.28. The fraction of sp³-hybridized carbons (Fsp3) is 0.160. The molecule has 2 heterocycles. The fourth-order valence-electron chi connectivity index (χ4n) is 3.51. The van der Waals surface area contributed by atoms with Crippen molar-refractivity contribution in [2.45, 2.75) is 25.2 Å². The highest BCUT2D eigenvalue weighted by Crippen LogP contribution is 2.26. The Bertz CT molecular complexity index is 1890. The number of hydrogen-bond acceptors (Lipinski definition) is 9. The van der Waals surface area contributed by atoms with Gasteiger partial charge in [0.2, 0.25) is 5.95 Å². The molecular weight excluding hydrogens is 587 g/mol. The van der Waals surface area contributed by atoms with Crippen molar-refractivity contribution >= 4 is 53.0 Å². The lowest BCUT2D eigenvalue weighted by Gasteiger charge is -2.24. The molecule has 0 saturated carbocycles. The number of carboxylic acids is 1. The summed E-state index contributed by atoms with van der Waals surface area (Å²) in [5, 5.41) is 21.5. The summed E-state index contributed by atoms with van der Waals surface area (Å²) in [7, 11) is 0. The number of halogens is 4. The highest BCUT2D eigenvalue weighted by molar-refractivity contribution is 5.99. The number of aromatic amines is 1. The number of carboxylic acid groups (broad SMARTS) is 1. The van der Waals surface area contributed by atoms with E-state index in [2.05, 4.69) is 25.3 Å². The van der Waals surface area contributed by atoms with E-state index in [0.29, 0.717) is 0 Å². The van der Waals surface area contributed by atoms with Crippen LogP contribution in [0.15, 0.2) is 59.4 Å². The summed E-state index contributed by atoms with van der Waals surface area (Å²) in [5.74, 6) is -6.17. The largest absolute Gasteiger partial charge is 0.508 e. The lowest BCUT2D eigenvalue weighted by molar-refractivity contribution is -0.170. The molecule has 0 bridgehead atoms. The van der Waals surface area contributed by atoms with Crippen molar-refractivity contribution in [3.8, 4) is 5.75 Å². The molecule has 17 heteroatoms. The maximum Gasteiger partial charge on any atom is 0.471 e. The Balaban J connectivity index is 0.00000576. The van der Waals surface area contributed by atoms with E-state index < -0.39 is 84.0 Å². The van der Waals surface area contributed by atoms with Gasteiger partial charge in [0, 0.05) is 17.7 Å². The van der Waals surface area contributed by atoms with Crippen LogP contribution in [0.1, 0.15) is 27.1 Å². The molecule has 0 aliphatic rings. The Kier molecular flexibility index (Phi) is 7.65. The van der Waals surface area contributed by atoms with Gasteiger partial charge in [-0.2, -0.15) is 18.2 Å². The number of nitrogen functional groups attached to an aromatic ring is 1. The minimum Gasteiger partial charge on any atom is -0.508 e. The number of alkyl halides is 3. The number of carbonyl (C=O) groups is 3. The number of hydrogen-bond donors (Lipinski definition) is 5. The Hall–Kier alpha value is -5.25. The molecule has 0 saturated heterocycles. The normalized spacial score (nSPS) is 13.1. The summed E-state index contributed by atoms with van der Waals surface area (Å²) in [6.07, 6.45) is -5.06. The number of phenols is 1. The van der Waals surface area contributed by atoms with Gasteiger partial charge in [-0.15, -0.1) is 12.4 Å². The van der Waals surface area contributed by atoms with Crippen molar-refractivity contribution in [2.75, 3.05) is 10.6 Å². The molecule has 0 fully saturated rings. The standard InChI is InChI=1S/C25H20F3N7O6.ClH/c26-25(27,28)23(41)35(11-14-10-30-19-18(31-14)21(38)34-24(29)33-19)15-5-3-13(4-6-15)20(37)32-17(22(39)40)9-12-1-7-16(36)8-2-12;/h1-8,10,17,36H,9,11H2,(H,32,37)(H,39,40)(H3,29,30,33,34,38);1H/i1D,2D,7D,8D;. The van der Waals surface area contributed by atoms with E-state index in [4.69, 9.17) is 11.2 Å². The molecule has 0 aliphatic heterocycles. The van der Waals surface area contributed by atoms with Gasteiger partial charge in [-0.3, -0.25) is 24.3 Å². The molecule has 0 aliphatic carbocycles. The topological polar surface area (TPSA) is 204 Å². The molecular formula is C25H21ClF3N7O6. The Morgan fingerprint density at radius 2 is 1.76 bits per heavy atom. The number of nitrogens with two attached hydrogens (primary N) is 1. The molecule has 2 aromatic heterocycles. The van der Waals surface area contributed by atoms with E-state index in [1.807, 2.05) is 0 Å². The number of benzene rings is 2. The summed E-state index contributed by atoms with van der Waals surface area (Å²) in [5.41, 5.74) is 2.84. The van der Waals surface area contributed by atoms with Gasteiger partial charge < -0.3 is 21.3 Å². The number of nitrogens with zero attached hydrogens (tertiary/aromatic N) is 4. The lowest BCUT2D eigenvalue weighted by Crippen LogP contribution is -2.42. The number of phenolic OH excluding ortho intramolecular Hbond substituents is 1. The minimum absolute atomic E-state index is 0. The number of aromatic nitrogens is 4. The SMILES string of the molecule is Cl.[2H]c1c([2H])c(CC(NC(=O)c2ccc(N(Cc3cnc4nc(N)[nH]c(=O)c4n3)C(=O)C(F)(F)F)cc2)C(=O)O)c([2H])c([2H])c1O. The van der Waals surface area contributed by atoms with Crippen LogP contribution >= 0.6 is 12.4 Å². The zero-order valence-electron chi connectivity index (χ0n) is 24.8. The van der Waals surface area contributed by atoms with Crippen LogP contribution in [-0.4, -0.2) is 60.2 Å². The third-order valence-corrected chi connectivity index (χ3v) is 5.41. The number of nitrogens with one attached hydrogen (secondary N) is 2. The zero-order chi connectivity index (χ0) is 33.4. The van der Waals surface area contributed by atoms with Crippen LogP contribution in [0.4, 0.5) is 24.8 Å². The Morgan fingerprint density at radius 1 is 1.12 bits per heavy atom. The second-order valence-corrected chi connectivity index (χ2v) is 8.32. The van der Waals surface area contributed by atoms with Gasteiger partial charge in [0.05, 0.1) is 23.9 Å². The van der Waals surface area contributed by atoms with E-state index >= 15 is 0 Å². The van der Waals surface area contributed by atoms with Gasteiger partial charge in [0.1, 0.15) is 11.8 Å². The summed E-state index contributed by atoms with van der Waals surface area (Å²) in [4.78, 5) is 63.1. The van der Waals surface area contributed by atoms with Gasteiger partial charge >= 0.3 is 18.1 Å². The molecule has 6 N–H and O–H groups in total. The fourth-order valence-corrected chi connectivity index (χ4v) is 3.51. The number of anilines is 2. The van der Waals surface area contributed by atoms with Crippen molar-refractivity contribution in [1.29, 1.82) is 0 Å². The number of fused-ring (bicyclic) bond motifs is 1. The van der Waals surface area contributed by atoms with Gasteiger partial charge in [-0.1, -0.05) is 12.1 Å². The smallest absolute Gasteiger partial charge is 0.471 e. The van der Waals surface area contributed by atoms with Gasteiger partial charge in [0.15, 0.2) is 11.2 Å². The van der Waals surface area contributed by atoms with Crippen LogP contribution in [0, 0.1) is 0 Å². The van der Waals surface area contributed by atoms with Crippen molar-refractivity contribution in [2.24, 2.45) is 0 Å². The van der Waals surface area contributed by atoms with E-state index in [1.54, 1.807) is 0 Å². The number of rotatable bonds is 8. The third-order valence-electron chi connectivity index (χ3n) is 5.41. The molecule has 2 aromatic carbocycles. The molecule has 1 unspecified atom stereocenters. The average molecular weight is 612 g/mol. The highest BCUT2D eigenvalue weighted by atomic mass is 35.5. The van der Waals surface area contributed by atoms with Crippen LogP contribution in [0.5, 0.6) is 5.75 Å². The van der Waals surface area contributed by atoms with E-state index in [-0.39, 0.29) is 51.4 Å². The first kappa shape index (κ1) is 25.7. The second-order valence-electron chi connectivity index (χ2n) is 8.32. The quantitative estimate of drug-likeness (QED) is 0.196. The second kappa shape index (κ2) is 12.5. The molecule has 4 aromatic rings. The van der Waals surface area contributed by atoms with Crippen LogP contribution in [0.25, 0.3) is 11.2 Å². The first-order valence-corrected chi connectivity index (χ1v) is 11.3. The predicted molar refractivity (Wildman–Crippen MR) is 144 cm³/mol. The van der Waals surface area contributed by atoms with Crippen molar-refractivity contribution in [3.05, 3.63) is 81.8 Å². The molecule has 220 valence electrons. The van der Waals surface area contributed by atoms with Gasteiger partial charge in [0.25, 0.3) is 11.5 Å². The van der Waals surface area contributed by atoms with Crippen molar-refractivity contribution in [3.63, 3.8) is 0 Å². The van der Waals surface area contributed by atoms with E-state index in [0.717, 1.165) is 30.5 Å². The molecule has 2 amide bonds. The number of amides is 2. The lowest BCUT2D eigenvalue weighted by atomic mass is 10.1. The molecule has 4 rings (SSSR count). The minimum atomic E-state index is -5.35. The zero-order valence-corrected chi connectivity index (χ0v) is 21.6. The molecule has 1 atom stereocenters. The summed E-state index contributed by atoms with van der Waals surface area (Å²) in [6, 6.07) is -0.879. The number of aliphatic carboxylic acids is 1. The summed E-state index contributed by atoms with van der Waals surface area (Å²) >= 11 is 0. The van der Waals surface area contributed by atoms with Crippen molar-refractivity contribution in [1.82, 2.24) is 25.3 Å². The van der Waals surface area contributed by atoms with Crippen LogP contribution in [-0.2, 0) is 22.6 Å². The molecule has 0 spiro atoms. The molecule has 13 nitrogen and oxygen atoms in total. The Labute approximate surface area is 245 Å². The van der Waals surface area contributed by atoms with Gasteiger partial charge in [-0.25, -0.2) is 14.8 Å². The first-order chi connectivity index (χ1) is 21.0. The molecule has 42 heavy (non-hydrogen) atoms.